The molecule has 0 amide bonds. The molecule has 1 saturated carbocycles. The average molecular weight is 426 g/mol. The first-order valence-electron chi connectivity index (χ1n) is 11.0. The lowest BCUT2D eigenvalue weighted by atomic mass is 9.77. The van der Waals surface area contributed by atoms with Crippen LogP contribution in [-0.4, -0.2) is 15.9 Å². The maximum Gasteiger partial charge on any atom is 0.300 e. The van der Waals surface area contributed by atoms with Gasteiger partial charge in [-0.05, 0) is 73.8 Å². The Morgan fingerprint density at radius 3 is 2.47 bits per heavy atom. The highest BCUT2D eigenvalue weighted by molar-refractivity contribution is 5.75. The van der Waals surface area contributed by atoms with Crippen molar-refractivity contribution >= 4 is 28.8 Å². The molecule has 0 aliphatic heterocycles. The van der Waals surface area contributed by atoms with Crippen LogP contribution < -0.4 is 10.4 Å². The van der Waals surface area contributed by atoms with E-state index in [1.54, 1.807) is 6.20 Å². The fraction of sp³-hybridized carbons (Fsp3) is 0.269. The smallest absolute Gasteiger partial charge is 0.300 e. The third-order valence-electron chi connectivity index (χ3n) is 6.29. The molecule has 32 heavy (non-hydrogen) atoms. The molecule has 0 saturated heterocycles. The minimum atomic E-state index is -0.930. The van der Waals surface area contributed by atoms with Crippen LogP contribution in [0.15, 0.2) is 71.3 Å². The number of carboxylic acid groups (broad SMARTS) is 1. The zero-order valence-corrected chi connectivity index (χ0v) is 17.7. The standard InChI is InChI=1S/C26H25N3O3/c30-25(31)15-17-5-7-18(8-6-17)19-9-11-20(12-10-19)22-14-13-21(16-27-22)28-26-29-23-3-1-2-4-24(23)32-26/h1-4,9-14,16-18H,5-8,15H2,(H,28,29)(H,30,31)/p-1. The topological polar surface area (TPSA) is 91.1 Å². The summed E-state index contributed by atoms with van der Waals surface area (Å²) >= 11 is 0. The second-order valence-corrected chi connectivity index (χ2v) is 8.46. The Labute approximate surface area is 186 Å². The number of aliphatic carboxylic acids is 1. The zero-order valence-electron chi connectivity index (χ0n) is 17.7. The normalized spacial score (nSPS) is 18.5. The number of oxazole rings is 1. The van der Waals surface area contributed by atoms with Gasteiger partial charge in [-0.1, -0.05) is 36.4 Å². The van der Waals surface area contributed by atoms with Crippen LogP contribution in [0.3, 0.4) is 0 Å². The summed E-state index contributed by atoms with van der Waals surface area (Å²) in [5.74, 6) is -0.167. The van der Waals surface area contributed by atoms with E-state index in [1.165, 1.54) is 5.56 Å². The van der Waals surface area contributed by atoms with Gasteiger partial charge in [0.05, 0.1) is 17.6 Å². The summed E-state index contributed by atoms with van der Waals surface area (Å²) in [7, 11) is 0. The maximum absolute atomic E-state index is 10.8. The highest BCUT2D eigenvalue weighted by atomic mass is 16.4. The SMILES string of the molecule is O=C([O-])CC1CCC(c2ccc(-c3ccc(Nc4nc5ccccc5o4)cn3)cc2)CC1. The summed E-state index contributed by atoms with van der Waals surface area (Å²) in [5, 5.41) is 14.0. The largest absolute Gasteiger partial charge is 0.550 e. The number of fused-ring (bicyclic) bond motifs is 1. The minimum Gasteiger partial charge on any atom is -0.550 e. The number of benzene rings is 2. The van der Waals surface area contributed by atoms with E-state index in [2.05, 4.69) is 39.6 Å². The number of rotatable bonds is 6. The molecule has 162 valence electrons. The second-order valence-electron chi connectivity index (χ2n) is 8.46. The molecule has 0 spiro atoms. The molecular weight excluding hydrogens is 402 g/mol. The summed E-state index contributed by atoms with van der Waals surface area (Å²) in [6.45, 7) is 0. The number of pyridine rings is 1. The number of para-hydroxylation sites is 2. The minimum absolute atomic E-state index is 0.189. The number of hydrogen-bond acceptors (Lipinski definition) is 6. The summed E-state index contributed by atoms with van der Waals surface area (Å²) in [4.78, 5) is 19.8. The first kappa shape index (κ1) is 20.2. The van der Waals surface area contributed by atoms with Crippen LogP contribution in [-0.2, 0) is 4.79 Å². The third-order valence-corrected chi connectivity index (χ3v) is 6.29. The summed E-state index contributed by atoms with van der Waals surface area (Å²) < 4.78 is 5.70. The van der Waals surface area contributed by atoms with Crippen molar-refractivity contribution in [1.29, 1.82) is 0 Å². The van der Waals surface area contributed by atoms with Gasteiger partial charge in [-0.2, -0.15) is 4.98 Å². The number of anilines is 2. The van der Waals surface area contributed by atoms with Crippen LogP contribution in [0.1, 0.15) is 43.6 Å². The molecule has 1 aliphatic carbocycles. The van der Waals surface area contributed by atoms with Crippen molar-refractivity contribution in [3.8, 4) is 11.3 Å². The van der Waals surface area contributed by atoms with Crippen LogP contribution in [0.2, 0.25) is 0 Å². The van der Waals surface area contributed by atoms with E-state index in [0.717, 1.165) is 53.7 Å². The number of nitrogens with zero attached hydrogens (tertiary/aromatic N) is 2. The molecule has 6 nitrogen and oxygen atoms in total. The Kier molecular flexibility index (Phi) is 5.58. The fourth-order valence-corrected chi connectivity index (χ4v) is 4.55. The lowest BCUT2D eigenvalue weighted by molar-refractivity contribution is -0.307. The predicted molar refractivity (Wildman–Crippen MR) is 121 cm³/mol. The Morgan fingerprint density at radius 2 is 1.78 bits per heavy atom. The quantitative estimate of drug-likeness (QED) is 0.464. The molecule has 6 heteroatoms. The molecular formula is C26H24N3O3-. The van der Waals surface area contributed by atoms with Crippen molar-refractivity contribution in [2.75, 3.05) is 5.32 Å². The second kappa shape index (κ2) is 8.83. The first-order chi connectivity index (χ1) is 15.6. The van der Waals surface area contributed by atoms with Crippen molar-refractivity contribution in [3.63, 3.8) is 0 Å². The highest BCUT2D eigenvalue weighted by Gasteiger charge is 2.22. The molecule has 2 aromatic heterocycles. The van der Waals surface area contributed by atoms with Crippen molar-refractivity contribution in [2.45, 2.75) is 38.0 Å². The molecule has 1 aliphatic rings. The molecule has 1 N–H and O–H groups in total. The van der Waals surface area contributed by atoms with Crippen molar-refractivity contribution in [3.05, 3.63) is 72.4 Å². The van der Waals surface area contributed by atoms with Gasteiger partial charge < -0.3 is 19.6 Å². The van der Waals surface area contributed by atoms with Crippen molar-refractivity contribution < 1.29 is 14.3 Å². The van der Waals surface area contributed by atoms with Crippen molar-refractivity contribution in [2.24, 2.45) is 5.92 Å². The number of hydrogen-bond donors (Lipinski definition) is 1. The van der Waals surface area contributed by atoms with E-state index in [9.17, 15) is 9.90 Å². The maximum atomic E-state index is 10.8. The Hall–Kier alpha value is -3.67. The van der Waals surface area contributed by atoms with Gasteiger partial charge in [-0.3, -0.25) is 4.98 Å². The van der Waals surface area contributed by atoms with Gasteiger partial charge in [-0.15, -0.1) is 0 Å². The van der Waals surface area contributed by atoms with Gasteiger partial charge >= 0.3 is 0 Å². The highest BCUT2D eigenvalue weighted by Crippen LogP contribution is 2.37. The van der Waals surface area contributed by atoms with Gasteiger partial charge in [0.2, 0.25) is 0 Å². The molecule has 0 unspecified atom stereocenters. The lowest BCUT2D eigenvalue weighted by Crippen LogP contribution is -2.26. The lowest BCUT2D eigenvalue weighted by Gasteiger charge is -2.29. The predicted octanol–water partition coefficient (Wildman–Crippen LogP) is 5.05. The molecule has 1 fully saturated rings. The van der Waals surface area contributed by atoms with E-state index in [4.69, 9.17) is 4.42 Å². The van der Waals surface area contributed by atoms with E-state index >= 15 is 0 Å². The zero-order chi connectivity index (χ0) is 21.9. The number of aromatic nitrogens is 2. The number of nitrogens with one attached hydrogen (secondary N) is 1. The van der Waals surface area contributed by atoms with Crippen molar-refractivity contribution in [1.82, 2.24) is 9.97 Å². The molecule has 0 atom stereocenters. The van der Waals surface area contributed by atoms with E-state index in [1.807, 2.05) is 36.4 Å². The molecule has 0 bridgehead atoms. The van der Waals surface area contributed by atoms with Gasteiger partial charge in [0.1, 0.15) is 5.52 Å². The number of carbonyl (C=O) groups is 1. The number of carbonyl (C=O) groups excluding carboxylic acids is 1. The Balaban J connectivity index is 1.22. The fourth-order valence-electron chi connectivity index (χ4n) is 4.55. The van der Waals surface area contributed by atoms with Crippen LogP contribution in [0, 0.1) is 5.92 Å². The van der Waals surface area contributed by atoms with Crippen LogP contribution in [0.5, 0.6) is 0 Å². The van der Waals surface area contributed by atoms with Crippen LogP contribution in [0.4, 0.5) is 11.7 Å². The molecule has 2 aromatic carbocycles. The van der Waals surface area contributed by atoms with Crippen LogP contribution >= 0.6 is 0 Å². The van der Waals surface area contributed by atoms with E-state index in [-0.39, 0.29) is 12.3 Å². The summed E-state index contributed by atoms with van der Waals surface area (Å²) in [6.07, 6.45) is 5.94. The van der Waals surface area contributed by atoms with Crippen LogP contribution in [0.25, 0.3) is 22.4 Å². The molecule has 0 radical (unpaired) electrons. The molecule has 4 aromatic rings. The van der Waals surface area contributed by atoms with Gasteiger partial charge in [0.25, 0.3) is 6.01 Å². The average Bonchev–Trinajstić information content (AvgIpc) is 3.22. The Bertz CT molecular complexity index is 1170. The summed E-state index contributed by atoms with van der Waals surface area (Å²) in [5.41, 5.74) is 5.64. The van der Waals surface area contributed by atoms with Gasteiger partial charge in [-0.25, -0.2) is 0 Å². The molecule has 5 rings (SSSR count). The van der Waals surface area contributed by atoms with Gasteiger partial charge in [0.15, 0.2) is 5.58 Å². The van der Waals surface area contributed by atoms with Gasteiger partial charge in [0, 0.05) is 11.5 Å². The Morgan fingerprint density at radius 1 is 1.00 bits per heavy atom. The van der Waals surface area contributed by atoms with E-state index in [0.29, 0.717) is 11.9 Å². The van der Waals surface area contributed by atoms with E-state index < -0.39 is 5.97 Å². The third kappa shape index (κ3) is 4.49. The first-order valence-corrected chi connectivity index (χ1v) is 11.0. The molecule has 2 heterocycles. The monoisotopic (exact) mass is 426 g/mol. The number of carboxylic acids is 1. The summed E-state index contributed by atoms with van der Waals surface area (Å²) in [6, 6.07) is 20.6.